The van der Waals surface area contributed by atoms with E-state index in [1.807, 2.05) is 29.0 Å². The third-order valence-electron chi connectivity index (χ3n) is 3.34. The predicted octanol–water partition coefficient (Wildman–Crippen LogP) is 0.132. The van der Waals surface area contributed by atoms with Crippen LogP contribution in [0.4, 0.5) is 0 Å². The fourth-order valence-corrected chi connectivity index (χ4v) is 2.12. The average Bonchev–Trinajstić information content (AvgIpc) is 2.41. The van der Waals surface area contributed by atoms with Crippen LogP contribution in [0.5, 0.6) is 0 Å². The Balaban J connectivity index is 0.00000220. The lowest BCUT2D eigenvalue weighted by Crippen LogP contribution is -3.00. The molecule has 3 nitrogen and oxygen atoms in total. The van der Waals surface area contributed by atoms with E-state index in [1.165, 1.54) is 17.3 Å². The lowest BCUT2D eigenvalue weighted by molar-refractivity contribution is -0.689. The van der Waals surface area contributed by atoms with Crippen molar-refractivity contribution >= 4 is 6.21 Å². The summed E-state index contributed by atoms with van der Waals surface area (Å²) in [5.41, 5.74) is 3.60. The SMILES string of the molecule is CC(C)(C)c1ccc(C[n+]2ccccc2/C=N\O)cc1.[Br-]. The van der Waals surface area contributed by atoms with E-state index in [4.69, 9.17) is 5.21 Å². The highest BCUT2D eigenvalue weighted by Gasteiger charge is 2.14. The molecule has 0 atom stereocenters. The minimum atomic E-state index is 0. The quantitative estimate of drug-likeness (QED) is 0.364. The van der Waals surface area contributed by atoms with E-state index in [0.717, 1.165) is 12.2 Å². The molecular formula is C17H21BrN2O. The first-order valence-corrected chi connectivity index (χ1v) is 6.76. The van der Waals surface area contributed by atoms with Crippen LogP contribution >= 0.6 is 0 Å². The van der Waals surface area contributed by atoms with Crippen molar-refractivity contribution in [2.75, 3.05) is 0 Å². The van der Waals surface area contributed by atoms with Crippen LogP contribution in [0.15, 0.2) is 53.8 Å². The Morgan fingerprint density at radius 3 is 2.33 bits per heavy atom. The van der Waals surface area contributed by atoms with E-state index in [0.29, 0.717) is 0 Å². The number of hydrogen-bond donors (Lipinski definition) is 1. The Morgan fingerprint density at radius 1 is 1.10 bits per heavy atom. The molecule has 2 aromatic rings. The van der Waals surface area contributed by atoms with Gasteiger partial charge in [-0.05, 0) is 17.0 Å². The summed E-state index contributed by atoms with van der Waals surface area (Å²) in [6.07, 6.45) is 3.43. The topological polar surface area (TPSA) is 36.5 Å². The van der Waals surface area contributed by atoms with E-state index < -0.39 is 0 Å². The van der Waals surface area contributed by atoms with Crippen LogP contribution in [-0.2, 0) is 12.0 Å². The second-order valence-corrected chi connectivity index (χ2v) is 5.94. The third-order valence-corrected chi connectivity index (χ3v) is 3.34. The van der Waals surface area contributed by atoms with Gasteiger partial charge in [0.05, 0.1) is 0 Å². The molecule has 2 rings (SSSR count). The van der Waals surface area contributed by atoms with Crippen molar-refractivity contribution in [2.24, 2.45) is 5.16 Å². The van der Waals surface area contributed by atoms with Gasteiger partial charge in [-0.25, -0.2) is 0 Å². The lowest BCUT2D eigenvalue weighted by Gasteiger charge is -2.18. The van der Waals surface area contributed by atoms with Crippen LogP contribution < -0.4 is 21.5 Å². The van der Waals surface area contributed by atoms with Crippen molar-refractivity contribution in [3.8, 4) is 0 Å². The van der Waals surface area contributed by atoms with Gasteiger partial charge in [0.15, 0.2) is 12.7 Å². The normalized spacial score (nSPS) is 11.4. The summed E-state index contributed by atoms with van der Waals surface area (Å²) in [4.78, 5) is 0. The Hall–Kier alpha value is -1.68. The van der Waals surface area contributed by atoms with E-state index in [2.05, 4.69) is 50.2 Å². The molecule has 0 aliphatic heterocycles. The molecule has 0 aliphatic carbocycles. The van der Waals surface area contributed by atoms with Gasteiger partial charge in [0.1, 0.15) is 6.21 Å². The summed E-state index contributed by atoms with van der Waals surface area (Å²) in [5.74, 6) is 0. The maximum absolute atomic E-state index is 8.69. The van der Waals surface area contributed by atoms with Gasteiger partial charge in [-0.2, -0.15) is 4.57 Å². The zero-order chi connectivity index (χ0) is 14.6. The molecule has 0 fully saturated rings. The van der Waals surface area contributed by atoms with Gasteiger partial charge in [0, 0.05) is 17.7 Å². The molecule has 0 unspecified atom stereocenters. The van der Waals surface area contributed by atoms with Gasteiger partial charge in [-0.3, -0.25) is 0 Å². The predicted molar refractivity (Wildman–Crippen MR) is 80.3 cm³/mol. The van der Waals surface area contributed by atoms with Crippen LogP contribution in [0.2, 0.25) is 0 Å². The lowest BCUT2D eigenvalue weighted by atomic mass is 9.87. The van der Waals surface area contributed by atoms with Gasteiger partial charge >= 0.3 is 0 Å². The fourth-order valence-electron chi connectivity index (χ4n) is 2.12. The Labute approximate surface area is 136 Å². The van der Waals surface area contributed by atoms with Gasteiger partial charge in [-0.1, -0.05) is 50.2 Å². The molecule has 0 spiro atoms. The minimum Gasteiger partial charge on any atom is -1.00 e. The zero-order valence-electron chi connectivity index (χ0n) is 12.6. The molecule has 1 aromatic carbocycles. The summed E-state index contributed by atoms with van der Waals surface area (Å²) in [5, 5.41) is 11.8. The number of oxime groups is 1. The van der Waals surface area contributed by atoms with Crippen LogP contribution in [0, 0.1) is 0 Å². The molecule has 1 N–H and O–H groups in total. The molecule has 0 saturated carbocycles. The van der Waals surface area contributed by atoms with Gasteiger partial charge in [0.25, 0.3) is 0 Å². The van der Waals surface area contributed by atoms with Crippen LogP contribution in [-0.4, -0.2) is 11.4 Å². The number of pyridine rings is 1. The largest absolute Gasteiger partial charge is 1.00 e. The molecule has 112 valence electrons. The second kappa shape index (κ2) is 7.36. The van der Waals surface area contributed by atoms with Crippen LogP contribution in [0.25, 0.3) is 0 Å². The molecule has 0 saturated heterocycles. The van der Waals surface area contributed by atoms with Crippen molar-refractivity contribution in [3.63, 3.8) is 0 Å². The van der Waals surface area contributed by atoms with Crippen molar-refractivity contribution in [1.29, 1.82) is 0 Å². The number of nitrogens with zero attached hydrogens (tertiary/aromatic N) is 2. The molecule has 1 heterocycles. The van der Waals surface area contributed by atoms with E-state index in [9.17, 15) is 0 Å². The summed E-state index contributed by atoms with van der Waals surface area (Å²) in [6, 6.07) is 14.5. The number of benzene rings is 1. The van der Waals surface area contributed by atoms with Crippen molar-refractivity contribution < 1.29 is 26.8 Å². The number of rotatable bonds is 3. The highest BCUT2D eigenvalue weighted by atomic mass is 79.9. The molecule has 0 aliphatic rings. The number of halogens is 1. The molecular weight excluding hydrogens is 328 g/mol. The minimum absolute atomic E-state index is 0. The maximum Gasteiger partial charge on any atom is 0.227 e. The fraction of sp³-hybridized carbons (Fsp3) is 0.294. The first kappa shape index (κ1) is 17.4. The summed E-state index contributed by atoms with van der Waals surface area (Å²) in [7, 11) is 0. The van der Waals surface area contributed by atoms with Crippen LogP contribution in [0.1, 0.15) is 37.6 Å². The van der Waals surface area contributed by atoms with Crippen LogP contribution in [0.3, 0.4) is 0 Å². The van der Waals surface area contributed by atoms with Gasteiger partial charge < -0.3 is 22.2 Å². The Kier molecular flexibility index (Phi) is 6.09. The zero-order valence-corrected chi connectivity index (χ0v) is 14.2. The molecule has 0 amide bonds. The summed E-state index contributed by atoms with van der Waals surface area (Å²) in [6.45, 7) is 7.39. The van der Waals surface area contributed by atoms with Crippen molar-refractivity contribution in [3.05, 3.63) is 65.5 Å². The molecule has 0 bridgehead atoms. The van der Waals surface area contributed by atoms with Gasteiger partial charge in [-0.15, -0.1) is 0 Å². The van der Waals surface area contributed by atoms with E-state index >= 15 is 0 Å². The molecule has 1 aromatic heterocycles. The smallest absolute Gasteiger partial charge is 0.227 e. The Morgan fingerprint density at radius 2 is 1.76 bits per heavy atom. The first-order chi connectivity index (χ1) is 9.50. The van der Waals surface area contributed by atoms with E-state index in [1.54, 1.807) is 0 Å². The monoisotopic (exact) mass is 348 g/mol. The maximum atomic E-state index is 8.69. The number of aromatic nitrogens is 1. The second-order valence-electron chi connectivity index (χ2n) is 5.94. The summed E-state index contributed by atoms with van der Waals surface area (Å²) >= 11 is 0. The van der Waals surface area contributed by atoms with Crippen molar-refractivity contribution in [1.82, 2.24) is 0 Å². The third kappa shape index (κ3) is 4.67. The van der Waals surface area contributed by atoms with E-state index in [-0.39, 0.29) is 22.4 Å². The molecule has 4 heteroatoms. The standard InChI is InChI=1S/C17H20N2O.BrH/c1-17(2,3)15-9-7-14(8-10-15)13-19-11-5-4-6-16(19)12-18-20;/h4-12H,13H2,1-3H3;1H. The molecule has 0 radical (unpaired) electrons. The average molecular weight is 349 g/mol. The number of hydrogen-bond acceptors (Lipinski definition) is 2. The highest BCUT2D eigenvalue weighted by Crippen LogP contribution is 2.22. The Bertz CT molecular complexity index is 601. The highest BCUT2D eigenvalue weighted by molar-refractivity contribution is 5.74. The first-order valence-electron chi connectivity index (χ1n) is 6.76. The van der Waals surface area contributed by atoms with Crippen molar-refractivity contribution in [2.45, 2.75) is 32.7 Å². The summed E-state index contributed by atoms with van der Waals surface area (Å²) < 4.78 is 2.05. The van der Waals surface area contributed by atoms with Gasteiger partial charge in [0.2, 0.25) is 5.69 Å². The molecule has 21 heavy (non-hydrogen) atoms.